The minimum Gasteiger partial charge on any atom is -0.319 e. The lowest BCUT2D eigenvalue weighted by atomic mass is 9.82. The number of rotatable bonds is 5. The van der Waals surface area contributed by atoms with E-state index in [9.17, 15) is 4.39 Å². The molecule has 0 aliphatic heterocycles. The molecule has 1 aromatic carbocycles. The van der Waals surface area contributed by atoms with Crippen LogP contribution in [0.2, 0.25) is 0 Å². The monoisotopic (exact) mass is 263 g/mol. The van der Waals surface area contributed by atoms with Crippen molar-refractivity contribution in [2.45, 2.75) is 44.9 Å². The summed E-state index contributed by atoms with van der Waals surface area (Å²) in [5.74, 6) is 1.34. The summed E-state index contributed by atoms with van der Waals surface area (Å²) in [4.78, 5) is 0. The van der Waals surface area contributed by atoms with Gasteiger partial charge in [0.2, 0.25) is 0 Å². The second kappa shape index (κ2) is 7.64. The van der Waals surface area contributed by atoms with Gasteiger partial charge in [-0.05, 0) is 49.5 Å². The number of hydrogen-bond donors (Lipinski definition) is 1. The topological polar surface area (TPSA) is 12.0 Å². The van der Waals surface area contributed by atoms with Crippen LogP contribution >= 0.6 is 0 Å². The first-order valence-corrected chi connectivity index (χ1v) is 7.68. The van der Waals surface area contributed by atoms with Crippen LogP contribution < -0.4 is 5.32 Å². The molecular weight excluding hydrogens is 237 g/mol. The fraction of sp³-hybridized carbons (Fsp3) is 0.647. The largest absolute Gasteiger partial charge is 0.319 e. The lowest BCUT2D eigenvalue weighted by Crippen LogP contribution is -2.27. The van der Waals surface area contributed by atoms with Crippen molar-refractivity contribution < 1.29 is 4.39 Å². The van der Waals surface area contributed by atoms with E-state index in [-0.39, 0.29) is 5.82 Å². The summed E-state index contributed by atoms with van der Waals surface area (Å²) in [6.45, 7) is 1.04. The highest BCUT2D eigenvalue weighted by atomic mass is 19.1. The normalized spacial score (nSPS) is 19.1. The van der Waals surface area contributed by atoms with Gasteiger partial charge in [0, 0.05) is 0 Å². The van der Waals surface area contributed by atoms with Crippen LogP contribution in [0.15, 0.2) is 24.3 Å². The van der Waals surface area contributed by atoms with Crippen molar-refractivity contribution in [3.63, 3.8) is 0 Å². The molecule has 0 amide bonds. The standard InChI is InChI=1S/C17H26FN/c1-19-13-16(15-8-4-2-3-5-9-15)11-14-7-6-10-17(18)12-14/h6-7,10,12,15-16,19H,2-5,8-9,11,13H2,1H3. The Hall–Kier alpha value is -0.890. The predicted molar refractivity (Wildman–Crippen MR) is 78.7 cm³/mol. The van der Waals surface area contributed by atoms with Crippen LogP contribution in [-0.2, 0) is 6.42 Å². The van der Waals surface area contributed by atoms with E-state index in [1.807, 2.05) is 13.1 Å². The minimum absolute atomic E-state index is 0.110. The summed E-state index contributed by atoms with van der Waals surface area (Å²) >= 11 is 0. The van der Waals surface area contributed by atoms with Gasteiger partial charge in [-0.15, -0.1) is 0 Å². The summed E-state index contributed by atoms with van der Waals surface area (Å²) in [6, 6.07) is 7.11. The maximum Gasteiger partial charge on any atom is 0.123 e. The zero-order valence-corrected chi connectivity index (χ0v) is 12.0. The van der Waals surface area contributed by atoms with Crippen molar-refractivity contribution in [3.8, 4) is 0 Å². The maximum atomic E-state index is 13.3. The molecule has 1 aromatic rings. The molecule has 106 valence electrons. The van der Waals surface area contributed by atoms with E-state index in [1.54, 1.807) is 6.07 Å². The molecule has 1 atom stereocenters. The van der Waals surface area contributed by atoms with Gasteiger partial charge in [-0.1, -0.05) is 50.7 Å². The Bertz CT molecular complexity index is 369. The summed E-state index contributed by atoms with van der Waals surface area (Å²) in [7, 11) is 2.02. The first-order chi connectivity index (χ1) is 9.29. The van der Waals surface area contributed by atoms with E-state index < -0.39 is 0 Å². The van der Waals surface area contributed by atoms with E-state index in [0.717, 1.165) is 24.4 Å². The van der Waals surface area contributed by atoms with Crippen molar-refractivity contribution in [2.75, 3.05) is 13.6 Å². The van der Waals surface area contributed by atoms with E-state index in [0.29, 0.717) is 5.92 Å². The van der Waals surface area contributed by atoms with Crippen LogP contribution in [-0.4, -0.2) is 13.6 Å². The van der Waals surface area contributed by atoms with Gasteiger partial charge in [-0.2, -0.15) is 0 Å². The molecule has 0 saturated heterocycles. The Morgan fingerprint density at radius 1 is 1.21 bits per heavy atom. The fourth-order valence-electron chi connectivity index (χ4n) is 3.42. The van der Waals surface area contributed by atoms with Crippen molar-refractivity contribution in [3.05, 3.63) is 35.6 Å². The number of benzene rings is 1. The molecule has 1 aliphatic rings. The average Bonchev–Trinajstić information content (AvgIpc) is 2.67. The van der Waals surface area contributed by atoms with Gasteiger partial charge < -0.3 is 5.32 Å². The molecule has 1 saturated carbocycles. The highest BCUT2D eigenvalue weighted by molar-refractivity contribution is 5.17. The van der Waals surface area contributed by atoms with Gasteiger partial charge in [0.15, 0.2) is 0 Å². The molecule has 0 aromatic heterocycles. The minimum atomic E-state index is -0.110. The molecule has 2 heteroatoms. The van der Waals surface area contributed by atoms with E-state index in [2.05, 4.69) is 11.4 Å². The Morgan fingerprint density at radius 2 is 1.95 bits per heavy atom. The first kappa shape index (κ1) is 14.5. The molecule has 0 spiro atoms. The molecule has 1 unspecified atom stereocenters. The third-order valence-electron chi connectivity index (χ3n) is 4.42. The van der Waals surface area contributed by atoms with Gasteiger partial charge in [0.05, 0.1) is 0 Å². The van der Waals surface area contributed by atoms with E-state index in [4.69, 9.17) is 0 Å². The van der Waals surface area contributed by atoms with Gasteiger partial charge in [0.1, 0.15) is 5.82 Å². The SMILES string of the molecule is CNCC(Cc1cccc(F)c1)C1CCCCCC1. The molecule has 1 N–H and O–H groups in total. The summed E-state index contributed by atoms with van der Waals surface area (Å²) in [6.07, 6.45) is 9.22. The fourth-order valence-corrected chi connectivity index (χ4v) is 3.42. The summed E-state index contributed by atoms with van der Waals surface area (Å²) < 4.78 is 13.3. The third kappa shape index (κ3) is 4.61. The number of nitrogens with one attached hydrogen (secondary N) is 1. The summed E-state index contributed by atoms with van der Waals surface area (Å²) in [5, 5.41) is 3.33. The Balaban J connectivity index is 2.02. The molecule has 1 fully saturated rings. The van der Waals surface area contributed by atoms with Crippen LogP contribution in [0.1, 0.15) is 44.1 Å². The molecular formula is C17H26FN. The molecule has 2 rings (SSSR count). The van der Waals surface area contributed by atoms with Gasteiger partial charge >= 0.3 is 0 Å². The number of halogens is 1. The van der Waals surface area contributed by atoms with Crippen LogP contribution in [0.4, 0.5) is 4.39 Å². The first-order valence-electron chi connectivity index (χ1n) is 7.68. The molecule has 0 heterocycles. The third-order valence-corrected chi connectivity index (χ3v) is 4.42. The molecule has 0 bridgehead atoms. The lowest BCUT2D eigenvalue weighted by molar-refractivity contribution is 0.289. The Morgan fingerprint density at radius 3 is 2.58 bits per heavy atom. The second-order valence-electron chi connectivity index (χ2n) is 5.90. The highest BCUT2D eigenvalue weighted by Gasteiger charge is 2.22. The second-order valence-corrected chi connectivity index (χ2v) is 5.90. The maximum absolute atomic E-state index is 13.3. The van der Waals surface area contributed by atoms with Gasteiger partial charge in [-0.25, -0.2) is 4.39 Å². The van der Waals surface area contributed by atoms with Crippen LogP contribution in [0.25, 0.3) is 0 Å². The van der Waals surface area contributed by atoms with Crippen LogP contribution in [0.5, 0.6) is 0 Å². The highest BCUT2D eigenvalue weighted by Crippen LogP contribution is 2.30. The molecule has 19 heavy (non-hydrogen) atoms. The average molecular weight is 263 g/mol. The van der Waals surface area contributed by atoms with Crippen LogP contribution in [0.3, 0.4) is 0 Å². The number of hydrogen-bond acceptors (Lipinski definition) is 1. The zero-order valence-electron chi connectivity index (χ0n) is 12.0. The van der Waals surface area contributed by atoms with Gasteiger partial charge in [-0.3, -0.25) is 0 Å². The molecule has 1 nitrogen and oxygen atoms in total. The zero-order chi connectivity index (χ0) is 13.5. The summed E-state index contributed by atoms with van der Waals surface area (Å²) in [5.41, 5.74) is 1.14. The van der Waals surface area contributed by atoms with E-state index in [1.165, 1.54) is 44.6 Å². The van der Waals surface area contributed by atoms with Crippen molar-refractivity contribution in [2.24, 2.45) is 11.8 Å². The lowest BCUT2D eigenvalue weighted by Gasteiger charge is -2.26. The molecule has 0 radical (unpaired) electrons. The Kier molecular flexibility index (Phi) is 5.84. The van der Waals surface area contributed by atoms with Crippen molar-refractivity contribution >= 4 is 0 Å². The van der Waals surface area contributed by atoms with E-state index >= 15 is 0 Å². The predicted octanol–water partition coefficient (Wildman–Crippen LogP) is 4.17. The van der Waals surface area contributed by atoms with Crippen LogP contribution in [0, 0.1) is 17.7 Å². The smallest absolute Gasteiger partial charge is 0.123 e. The van der Waals surface area contributed by atoms with Crippen molar-refractivity contribution in [1.82, 2.24) is 5.32 Å². The molecule has 1 aliphatic carbocycles. The quantitative estimate of drug-likeness (QED) is 0.786. The Labute approximate surface area is 116 Å². The van der Waals surface area contributed by atoms with Gasteiger partial charge in [0.25, 0.3) is 0 Å². The van der Waals surface area contributed by atoms with Crippen molar-refractivity contribution in [1.29, 1.82) is 0 Å².